The number of aromatic nitrogens is 2. The molecule has 0 atom stereocenters. The Bertz CT molecular complexity index is 1130. The number of nitrogens with one attached hydrogen (secondary N) is 1. The third-order valence-corrected chi connectivity index (χ3v) is 5.67. The van der Waals surface area contributed by atoms with Gasteiger partial charge in [0.25, 0.3) is 5.89 Å². The summed E-state index contributed by atoms with van der Waals surface area (Å²) in [5, 5.41) is 7.53. The SMILES string of the molecule is O=C(Nc1ccc(Cl)cc1Cl)N1CCN(Cc2noc(-c3ccc(C(F)(F)F)cc3)n2)CC1. The molecule has 0 spiro atoms. The Morgan fingerprint density at radius 2 is 1.76 bits per heavy atom. The van der Waals surface area contributed by atoms with Crippen LogP contribution in [0, 0.1) is 0 Å². The molecule has 2 aromatic carbocycles. The fourth-order valence-corrected chi connectivity index (χ4v) is 3.79. The van der Waals surface area contributed by atoms with E-state index < -0.39 is 11.7 Å². The summed E-state index contributed by atoms with van der Waals surface area (Å²) in [5.41, 5.74) is 0.145. The molecule has 4 rings (SSSR count). The Morgan fingerprint density at radius 3 is 2.39 bits per heavy atom. The van der Waals surface area contributed by atoms with Crippen LogP contribution in [0.25, 0.3) is 11.5 Å². The largest absolute Gasteiger partial charge is 0.416 e. The third kappa shape index (κ3) is 5.76. The highest BCUT2D eigenvalue weighted by Crippen LogP contribution is 2.30. The number of anilines is 1. The van der Waals surface area contributed by atoms with E-state index in [1.54, 1.807) is 23.1 Å². The van der Waals surface area contributed by atoms with Gasteiger partial charge in [-0.25, -0.2) is 4.79 Å². The molecule has 12 heteroatoms. The summed E-state index contributed by atoms with van der Waals surface area (Å²) in [6, 6.07) is 9.12. The van der Waals surface area contributed by atoms with E-state index in [1.807, 2.05) is 0 Å². The van der Waals surface area contributed by atoms with E-state index in [0.717, 1.165) is 12.1 Å². The zero-order chi connectivity index (χ0) is 23.6. The number of piperazine rings is 1. The zero-order valence-corrected chi connectivity index (χ0v) is 18.6. The summed E-state index contributed by atoms with van der Waals surface area (Å²) in [7, 11) is 0. The van der Waals surface area contributed by atoms with Gasteiger partial charge in [0.2, 0.25) is 0 Å². The minimum absolute atomic E-state index is 0.150. The summed E-state index contributed by atoms with van der Waals surface area (Å²) < 4.78 is 43.3. The van der Waals surface area contributed by atoms with Crippen LogP contribution in [0.1, 0.15) is 11.4 Å². The van der Waals surface area contributed by atoms with Gasteiger partial charge in [0, 0.05) is 36.8 Å². The first-order valence-corrected chi connectivity index (χ1v) is 10.7. The predicted molar refractivity (Wildman–Crippen MR) is 117 cm³/mol. The predicted octanol–water partition coefficient (Wildman–Crippen LogP) is 5.41. The van der Waals surface area contributed by atoms with Crippen LogP contribution in [0.5, 0.6) is 0 Å². The van der Waals surface area contributed by atoms with Crippen LogP contribution in [-0.2, 0) is 12.7 Å². The lowest BCUT2D eigenvalue weighted by Crippen LogP contribution is -2.49. The lowest BCUT2D eigenvalue weighted by Gasteiger charge is -2.34. The van der Waals surface area contributed by atoms with Gasteiger partial charge < -0.3 is 14.7 Å². The van der Waals surface area contributed by atoms with Crippen molar-refractivity contribution < 1.29 is 22.5 Å². The topological polar surface area (TPSA) is 74.5 Å². The number of hydrogen-bond acceptors (Lipinski definition) is 5. The van der Waals surface area contributed by atoms with Crippen molar-refractivity contribution in [2.45, 2.75) is 12.7 Å². The van der Waals surface area contributed by atoms with Gasteiger partial charge in [-0.2, -0.15) is 18.2 Å². The molecule has 7 nitrogen and oxygen atoms in total. The number of amides is 2. The van der Waals surface area contributed by atoms with Crippen molar-refractivity contribution in [3.05, 3.63) is 63.9 Å². The monoisotopic (exact) mass is 499 g/mol. The Balaban J connectivity index is 1.30. The maximum Gasteiger partial charge on any atom is 0.416 e. The van der Waals surface area contributed by atoms with Crippen molar-refractivity contribution in [1.29, 1.82) is 0 Å². The van der Waals surface area contributed by atoms with Crippen LogP contribution in [0.4, 0.5) is 23.7 Å². The summed E-state index contributed by atoms with van der Waals surface area (Å²) in [4.78, 5) is 20.5. The second kappa shape index (κ2) is 9.58. The van der Waals surface area contributed by atoms with E-state index in [2.05, 4.69) is 20.4 Å². The van der Waals surface area contributed by atoms with E-state index in [-0.39, 0.29) is 11.9 Å². The number of carbonyl (C=O) groups excluding carboxylic acids is 1. The number of alkyl halides is 3. The summed E-state index contributed by atoms with van der Waals surface area (Å²) in [6.07, 6.45) is -4.40. The van der Waals surface area contributed by atoms with E-state index in [1.165, 1.54) is 12.1 Å². The minimum Gasteiger partial charge on any atom is -0.334 e. The average Bonchev–Trinajstić information content (AvgIpc) is 3.24. The Hall–Kier alpha value is -2.82. The molecule has 1 aromatic heterocycles. The molecule has 33 heavy (non-hydrogen) atoms. The molecule has 1 N–H and O–H groups in total. The Morgan fingerprint density at radius 1 is 1.06 bits per heavy atom. The quantitative estimate of drug-likeness (QED) is 0.519. The Kier molecular flexibility index (Phi) is 6.78. The van der Waals surface area contributed by atoms with Crippen LogP contribution in [0.3, 0.4) is 0 Å². The molecule has 3 aromatic rings. The molecule has 1 aliphatic rings. The fourth-order valence-electron chi connectivity index (χ4n) is 3.33. The molecule has 2 amide bonds. The highest BCUT2D eigenvalue weighted by atomic mass is 35.5. The first-order chi connectivity index (χ1) is 15.7. The lowest BCUT2D eigenvalue weighted by molar-refractivity contribution is -0.137. The first kappa shape index (κ1) is 23.3. The van der Waals surface area contributed by atoms with E-state index >= 15 is 0 Å². The number of urea groups is 1. The average molecular weight is 500 g/mol. The van der Waals surface area contributed by atoms with Gasteiger partial charge in [-0.05, 0) is 42.5 Å². The standard InChI is InChI=1S/C21H18Cl2F3N5O2/c22-15-5-6-17(16(23)11-15)27-20(32)31-9-7-30(8-10-31)12-18-28-19(33-29-18)13-1-3-14(4-2-13)21(24,25)26/h1-6,11H,7-10,12H2,(H,27,32). The molecule has 1 fully saturated rings. The molecule has 1 aliphatic heterocycles. The van der Waals surface area contributed by atoms with Crippen molar-refractivity contribution in [1.82, 2.24) is 19.9 Å². The van der Waals surface area contributed by atoms with Crippen molar-refractivity contribution in [3.8, 4) is 11.5 Å². The summed E-state index contributed by atoms with van der Waals surface area (Å²) >= 11 is 12.0. The van der Waals surface area contributed by atoms with Crippen LogP contribution in [0.15, 0.2) is 47.0 Å². The molecule has 0 radical (unpaired) electrons. The van der Waals surface area contributed by atoms with E-state index in [0.29, 0.717) is 59.8 Å². The van der Waals surface area contributed by atoms with Crippen molar-refractivity contribution >= 4 is 34.9 Å². The van der Waals surface area contributed by atoms with Crippen molar-refractivity contribution in [2.75, 3.05) is 31.5 Å². The molecular formula is C21H18Cl2F3N5O2. The van der Waals surface area contributed by atoms with Crippen LogP contribution < -0.4 is 5.32 Å². The highest BCUT2D eigenvalue weighted by Gasteiger charge is 2.30. The summed E-state index contributed by atoms with van der Waals surface area (Å²) in [6.45, 7) is 2.54. The maximum atomic E-state index is 12.7. The number of benzene rings is 2. The fraction of sp³-hybridized carbons (Fsp3) is 0.286. The highest BCUT2D eigenvalue weighted by molar-refractivity contribution is 6.36. The Labute approximate surface area is 197 Å². The van der Waals surface area contributed by atoms with Gasteiger partial charge in [0.15, 0.2) is 5.82 Å². The van der Waals surface area contributed by atoms with Crippen LogP contribution in [-0.4, -0.2) is 52.2 Å². The second-order valence-corrected chi connectivity index (χ2v) is 8.25. The van der Waals surface area contributed by atoms with Crippen LogP contribution in [0.2, 0.25) is 10.0 Å². The maximum absolute atomic E-state index is 12.7. The van der Waals surface area contributed by atoms with Crippen molar-refractivity contribution in [2.24, 2.45) is 0 Å². The van der Waals surface area contributed by atoms with E-state index in [9.17, 15) is 18.0 Å². The molecule has 1 saturated heterocycles. The normalized spacial score (nSPS) is 15.0. The third-order valence-electron chi connectivity index (χ3n) is 5.12. The number of hydrogen-bond donors (Lipinski definition) is 1. The number of rotatable bonds is 4. The molecule has 0 saturated carbocycles. The van der Waals surface area contributed by atoms with Crippen molar-refractivity contribution in [3.63, 3.8) is 0 Å². The lowest BCUT2D eigenvalue weighted by atomic mass is 10.1. The first-order valence-electron chi connectivity index (χ1n) is 9.92. The summed E-state index contributed by atoms with van der Waals surface area (Å²) in [5.74, 6) is 0.562. The molecule has 0 aliphatic carbocycles. The molecular weight excluding hydrogens is 482 g/mol. The van der Waals surface area contributed by atoms with Crippen LogP contribution >= 0.6 is 23.2 Å². The van der Waals surface area contributed by atoms with E-state index in [4.69, 9.17) is 27.7 Å². The van der Waals surface area contributed by atoms with Gasteiger partial charge in [-0.15, -0.1) is 0 Å². The minimum atomic E-state index is -4.40. The zero-order valence-electron chi connectivity index (χ0n) is 17.1. The van der Waals surface area contributed by atoms with Gasteiger partial charge in [0.1, 0.15) is 0 Å². The molecule has 0 bridgehead atoms. The van der Waals surface area contributed by atoms with Gasteiger partial charge in [-0.1, -0.05) is 28.4 Å². The number of carbonyl (C=O) groups is 1. The number of halogens is 5. The molecule has 174 valence electrons. The molecule has 2 heterocycles. The smallest absolute Gasteiger partial charge is 0.334 e. The number of nitrogens with zero attached hydrogens (tertiary/aromatic N) is 4. The second-order valence-electron chi connectivity index (χ2n) is 7.41. The van der Waals surface area contributed by atoms with Gasteiger partial charge in [0.05, 0.1) is 22.8 Å². The van der Waals surface area contributed by atoms with Gasteiger partial charge in [-0.3, -0.25) is 4.90 Å². The molecule has 0 unspecified atom stereocenters. The van der Waals surface area contributed by atoms with Gasteiger partial charge >= 0.3 is 12.2 Å².